The van der Waals surface area contributed by atoms with Crippen LogP contribution in [0.2, 0.25) is 0 Å². The molecule has 0 bridgehead atoms. The molecule has 1 heterocycles. The number of hydrogen-bond donors (Lipinski definition) is 1. The van der Waals surface area contributed by atoms with E-state index < -0.39 is 0 Å². The van der Waals surface area contributed by atoms with Gasteiger partial charge >= 0.3 is 0 Å². The minimum absolute atomic E-state index is 0.00441. The van der Waals surface area contributed by atoms with E-state index in [1.165, 1.54) is 0 Å². The molecule has 3 atom stereocenters. The predicted molar refractivity (Wildman–Crippen MR) is 84.8 cm³/mol. The SMILES string of the molecule is COc1ccccc1N(C)CC1(N)C2CCOC2C1(C)C. The molecule has 3 rings (SSSR count). The van der Waals surface area contributed by atoms with Crippen LogP contribution in [0, 0.1) is 11.3 Å². The zero-order valence-electron chi connectivity index (χ0n) is 13.4. The minimum Gasteiger partial charge on any atom is -0.495 e. The number of benzene rings is 1. The van der Waals surface area contributed by atoms with Gasteiger partial charge in [0.1, 0.15) is 5.75 Å². The summed E-state index contributed by atoms with van der Waals surface area (Å²) in [4.78, 5) is 2.22. The van der Waals surface area contributed by atoms with Crippen LogP contribution in [0.4, 0.5) is 5.69 Å². The maximum atomic E-state index is 6.83. The van der Waals surface area contributed by atoms with Gasteiger partial charge < -0.3 is 20.1 Å². The summed E-state index contributed by atoms with van der Waals surface area (Å²) in [5, 5.41) is 0. The zero-order chi connectivity index (χ0) is 15.3. The Morgan fingerprint density at radius 3 is 2.81 bits per heavy atom. The summed E-state index contributed by atoms with van der Waals surface area (Å²) in [6.45, 7) is 6.12. The van der Waals surface area contributed by atoms with Crippen LogP contribution in [0.1, 0.15) is 20.3 Å². The Balaban J connectivity index is 1.83. The molecule has 1 aliphatic heterocycles. The maximum Gasteiger partial charge on any atom is 0.142 e. The van der Waals surface area contributed by atoms with Crippen molar-refractivity contribution >= 4 is 5.69 Å². The van der Waals surface area contributed by atoms with Crippen molar-refractivity contribution in [3.63, 3.8) is 0 Å². The van der Waals surface area contributed by atoms with Crippen LogP contribution in [0.25, 0.3) is 0 Å². The molecule has 0 amide bonds. The number of rotatable bonds is 4. The fraction of sp³-hybridized carbons (Fsp3) is 0.647. The van der Waals surface area contributed by atoms with Crippen LogP contribution in [0.3, 0.4) is 0 Å². The molecule has 0 radical (unpaired) electrons. The standard InChI is InChI=1S/C17H26N2O2/c1-16(2)15-12(9-10-21-15)17(16,18)11-19(3)13-7-5-6-8-14(13)20-4/h5-8,12,15H,9-11,18H2,1-4H3. The highest BCUT2D eigenvalue weighted by atomic mass is 16.5. The molecule has 4 nitrogen and oxygen atoms in total. The lowest BCUT2D eigenvalue weighted by molar-refractivity contribution is -0.150. The second kappa shape index (κ2) is 4.89. The van der Waals surface area contributed by atoms with Crippen LogP contribution >= 0.6 is 0 Å². The molecule has 116 valence electrons. The number of likely N-dealkylation sites (N-methyl/N-ethyl adjacent to an activating group) is 1. The van der Waals surface area contributed by atoms with E-state index in [2.05, 4.69) is 31.9 Å². The van der Waals surface area contributed by atoms with Gasteiger partial charge in [0.25, 0.3) is 0 Å². The number of nitrogens with two attached hydrogens (primary N) is 1. The Morgan fingerprint density at radius 1 is 1.38 bits per heavy atom. The highest BCUT2D eigenvalue weighted by Gasteiger charge is 2.67. The monoisotopic (exact) mass is 290 g/mol. The third kappa shape index (κ3) is 1.96. The van der Waals surface area contributed by atoms with Crippen LogP contribution in [-0.4, -0.2) is 39.0 Å². The van der Waals surface area contributed by atoms with Gasteiger partial charge in [0.15, 0.2) is 0 Å². The lowest BCUT2D eigenvalue weighted by Gasteiger charge is -2.63. The molecule has 0 spiro atoms. The van der Waals surface area contributed by atoms with E-state index in [1.54, 1.807) is 7.11 Å². The predicted octanol–water partition coefficient (Wildman–Crippen LogP) is 2.27. The Bertz CT molecular complexity index is 531. The first-order valence-electron chi connectivity index (χ1n) is 7.66. The van der Waals surface area contributed by atoms with Crippen molar-refractivity contribution in [1.82, 2.24) is 0 Å². The Hall–Kier alpha value is -1.26. The van der Waals surface area contributed by atoms with E-state index in [9.17, 15) is 0 Å². The summed E-state index contributed by atoms with van der Waals surface area (Å²) < 4.78 is 11.3. The lowest BCUT2D eigenvalue weighted by atomic mass is 9.48. The van der Waals surface area contributed by atoms with Crippen LogP contribution in [0.5, 0.6) is 5.75 Å². The molecule has 1 aliphatic carbocycles. The van der Waals surface area contributed by atoms with Gasteiger partial charge in [-0.05, 0) is 18.6 Å². The molecule has 1 aromatic rings. The van der Waals surface area contributed by atoms with Crippen molar-refractivity contribution in [3.05, 3.63) is 24.3 Å². The van der Waals surface area contributed by atoms with Gasteiger partial charge in [-0.15, -0.1) is 0 Å². The molecular weight excluding hydrogens is 264 g/mol. The summed E-state index contributed by atoms with van der Waals surface area (Å²) in [6.07, 6.45) is 1.39. The maximum absolute atomic E-state index is 6.83. The number of hydrogen-bond acceptors (Lipinski definition) is 4. The van der Waals surface area contributed by atoms with E-state index in [-0.39, 0.29) is 11.0 Å². The Kier molecular flexibility index (Phi) is 3.41. The van der Waals surface area contributed by atoms with Crippen LogP contribution < -0.4 is 15.4 Å². The molecule has 2 aliphatic rings. The average molecular weight is 290 g/mol. The van der Waals surface area contributed by atoms with Crippen LogP contribution in [0.15, 0.2) is 24.3 Å². The molecule has 21 heavy (non-hydrogen) atoms. The van der Waals surface area contributed by atoms with Gasteiger partial charge in [0, 0.05) is 37.1 Å². The van der Waals surface area contributed by atoms with E-state index in [0.29, 0.717) is 12.0 Å². The summed E-state index contributed by atoms with van der Waals surface area (Å²) >= 11 is 0. The molecule has 2 fully saturated rings. The number of ether oxygens (including phenoxy) is 2. The fourth-order valence-electron chi connectivity index (χ4n) is 4.22. The van der Waals surface area contributed by atoms with E-state index in [4.69, 9.17) is 15.2 Å². The summed E-state index contributed by atoms with van der Waals surface area (Å²) in [6, 6.07) is 8.09. The largest absolute Gasteiger partial charge is 0.495 e. The van der Waals surface area contributed by atoms with Gasteiger partial charge in [0.05, 0.1) is 18.9 Å². The van der Waals surface area contributed by atoms with Gasteiger partial charge in [0.2, 0.25) is 0 Å². The first kappa shape index (κ1) is 14.7. The van der Waals surface area contributed by atoms with Crippen molar-refractivity contribution in [1.29, 1.82) is 0 Å². The molecule has 1 saturated carbocycles. The first-order chi connectivity index (χ1) is 9.91. The number of anilines is 1. The zero-order valence-corrected chi connectivity index (χ0v) is 13.4. The quantitative estimate of drug-likeness (QED) is 0.924. The smallest absolute Gasteiger partial charge is 0.142 e. The second-order valence-corrected chi connectivity index (χ2v) is 6.98. The highest BCUT2D eigenvalue weighted by molar-refractivity contribution is 5.58. The summed E-state index contributed by atoms with van der Waals surface area (Å²) in [5.74, 6) is 1.35. The van der Waals surface area contributed by atoms with Crippen molar-refractivity contribution in [2.24, 2.45) is 17.1 Å². The molecule has 0 aromatic heterocycles. The van der Waals surface area contributed by atoms with Gasteiger partial charge in [-0.3, -0.25) is 0 Å². The normalized spacial score (nSPS) is 33.2. The van der Waals surface area contributed by atoms with E-state index >= 15 is 0 Å². The van der Waals surface area contributed by atoms with Crippen molar-refractivity contribution in [2.75, 3.05) is 32.2 Å². The highest BCUT2D eigenvalue weighted by Crippen LogP contribution is 2.58. The number of nitrogens with zero attached hydrogens (tertiary/aromatic N) is 1. The lowest BCUT2D eigenvalue weighted by Crippen LogP contribution is -2.78. The molecular formula is C17H26N2O2. The fourth-order valence-corrected chi connectivity index (χ4v) is 4.22. The number of fused-ring (bicyclic) bond motifs is 1. The molecule has 2 N–H and O–H groups in total. The Morgan fingerprint density at radius 2 is 2.10 bits per heavy atom. The molecule has 1 aromatic carbocycles. The molecule has 4 heteroatoms. The topological polar surface area (TPSA) is 47.7 Å². The third-order valence-electron chi connectivity index (χ3n) is 5.66. The average Bonchev–Trinajstić information content (AvgIpc) is 2.95. The number of para-hydroxylation sites is 2. The minimum atomic E-state index is -0.218. The van der Waals surface area contributed by atoms with E-state index in [0.717, 1.165) is 31.0 Å². The van der Waals surface area contributed by atoms with Gasteiger partial charge in [-0.1, -0.05) is 26.0 Å². The van der Waals surface area contributed by atoms with Gasteiger partial charge in [-0.25, -0.2) is 0 Å². The number of methoxy groups -OCH3 is 1. The van der Waals surface area contributed by atoms with Crippen LogP contribution in [-0.2, 0) is 4.74 Å². The van der Waals surface area contributed by atoms with Gasteiger partial charge in [-0.2, -0.15) is 0 Å². The Labute approximate surface area is 127 Å². The molecule has 1 saturated heterocycles. The second-order valence-electron chi connectivity index (χ2n) is 6.98. The summed E-state index contributed by atoms with van der Waals surface area (Å²) in [5.41, 5.74) is 7.71. The third-order valence-corrected chi connectivity index (χ3v) is 5.66. The summed E-state index contributed by atoms with van der Waals surface area (Å²) in [7, 11) is 3.80. The molecule has 3 unspecified atom stereocenters. The van der Waals surface area contributed by atoms with Crippen molar-refractivity contribution in [2.45, 2.75) is 31.9 Å². The van der Waals surface area contributed by atoms with E-state index in [1.807, 2.05) is 18.2 Å². The first-order valence-corrected chi connectivity index (χ1v) is 7.66. The van der Waals surface area contributed by atoms with Crippen molar-refractivity contribution in [3.8, 4) is 5.75 Å². The van der Waals surface area contributed by atoms with Crippen molar-refractivity contribution < 1.29 is 9.47 Å².